The largest absolute Gasteiger partial charge is 0.362 e. The summed E-state index contributed by atoms with van der Waals surface area (Å²) in [6.45, 7) is 1.84. The van der Waals surface area contributed by atoms with E-state index in [0.29, 0.717) is 24.9 Å². The number of nitrogens with zero attached hydrogens (tertiary/aromatic N) is 1. The van der Waals surface area contributed by atoms with Gasteiger partial charge in [0.15, 0.2) is 0 Å². The average molecular weight is 350 g/mol. The number of carbonyl (C=O) groups excluding carboxylic acids is 2. The zero-order valence-electron chi connectivity index (χ0n) is 14.6. The smallest absolute Gasteiger partial charge is 0.248 e. The first kappa shape index (κ1) is 19.4. The molecule has 0 radical (unpaired) electrons. The van der Waals surface area contributed by atoms with Crippen molar-refractivity contribution in [3.05, 3.63) is 35.6 Å². The zero-order valence-corrected chi connectivity index (χ0v) is 14.6. The van der Waals surface area contributed by atoms with Gasteiger partial charge in [0, 0.05) is 19.6 Å². The maximum absolute atomic E-state index is 13.5. The van der Waals surface area contributed by atoms with Gasteiger partial charge in [-0.05, 0) is 37.3 Å². The molecule has 1 aliphatic rings. The van der Waals surface area contributed by atoms with Crippen LogP contribution in [0.2, 0.25) is 0 Å². The standard InChI is InChI=1S/C19H27FN2O3/c20-17-10-4-3-8-16(17)9-7-11-21-18(23)14-25-15-19(24)22-12-5-1-2-6-13-22/h3-4,8,10H,1-2,5-7,9,11-15H2,(H,21,23). The number of carbonyl (C=O) groups is 2. The highest BCUT2D eigenvalue weighted by Crippen LogP contribution is 2.10. The van der Waals surface area contributed by atoms with E-state index >= 15 is 0 Å². The molecule has 0 spiro atoms. The Hall–Kier alpha value is -1.95. The van der Waals surface area contributed by atoms with Gasteiger partial charge in [-0.1, -0.05) is 31.0 Å². The van der Waals surface area contributed by atoms with Crippen LogP contribution >= 0.6 is 0 Å². The summed E-state index contributed by atoms with van der Waals surface area (Å²) in [6.07, 6.45) is 5.63. The number of halogens is 1. The van der Waals surface area contributed by atoms with Crippen LogP contribution in [-0.2, 0) is 20.7 Å². The van der Waals surface area contributed by atoms with Crippen LogP contribution in [0, 0.1) is 5.82 Å². The molecule has 0 unspecified atom stereocenters. The molecule has 138 valence electrons. The number of ether oxygens (including phenoxy) is 1. The summed E-state index contributed by atoms with van der Waals surface area (Å²) in [5.74, 6) is -0.518. The number of nitrogens with one attached hydrogen (secondary N) is 1. The number of aryl methyl sites for hydroxylation is 1. The molecule has 1 fully saturated rings. The number of benzene rings is 1. The third-order valence-electron chi connectivity index (χ3n) is 4.32. The van der Waals surface area contributed by atoms with Crippen LogP contribution < -0.4 is 5.32 Å². The highest BCUT2D eigenvalue weighted by molar-refractivity contribution is 5.79. The Morgan fingerprint density at radius 3 is 2.52 bits per heavy atom. The first-order chi connectivity index (χ1) is 12.2. The monoisotopic (exact) mass is 350 g/mol. The van der Waals surface area contributed by atoms with E-state index in [2.05, 4.69) is 5.32 Å². The molecule has 2 rings (SSSR count). The van der Waals surface area contributed by atoms with Gasteiger partial charge in [-0.25, -0.2) is 4.39 Å². The van der Waals surface area contributed by atoms with Crippen molar-refractivity contribution in [1.82, 2.24) is 10.2 Å². The summed E-state index contributed by atoms with van der Waals surface area (Å²) in [4.78, 5) is 25.5. The second kappa shape index (κ2) is 10.8. The van der Waals surface area contributed by atoms with Gasteiger partial charge in [-0.3, -0.25) is 9.59 Å². The van der Waals surface area contributed by atoms with Gasteiger partial charge in [-0.2, -0.15) is 0 Å². The Morgan fingerprint density at radius 2 is 1.80 bits per heavy atom. The minimum atomic E-state index is -0.253. The van der Waals surface area contributed by atoms with Crippen LogP contribution in [0.5, 0.6) is 0 Å². The molecular formula is C19H27FN2O3. The fraction of sp³-hybridized carbons (Fsp3) is 0.579. The van der Waals surface area contributed by atoms with Gasteiger partial charge in [0.1, 0.15) is 19.0 Å². The highest BCUT2D eigenvalue weighted by atomic mass is 19.1. The van der Waals surface area contributed by atoms with Gasteiger partial charge in [0.25, 0.3) is 0 Å². The molecule has 6 heteroatoms. The van der Waals surface area contributed by atoms with Gasteiger partial charge >= 0.3 is 0 Å². The maximum Gasteiger partial charge on any atom is 0.248 e. The van der Waals surface area contributed by atoms with Crippen molar-refractivity contribution in [1.29, 1.82) is 0 Å². The van der Waals surface area contributed by atoms with Crippen LogP contribution in [0.3, 0.4) is 0 Å². The molecule has 1 N–H and O–H groups in total. The molecule has 0 saturated carbocycles. The molecule has 1 aromatic carbocycles. The first-order valence-electron chi connectivity index (χ1n) is 9.02. The van der Waals surface area contributed by atoms with Crippen molar-refractivity contribution < 1.29 is 18.7 Å². The van der Waals surface area contributed by atoms with E-state index in [1.807, 2.05) is 4.90 Å². The van der Waals surface area contributed by atoms with E-state index in [9.17, 15) is 14.0 Å². The predicted molar refractivity (Wildman–Crippen MR) is 93.6 cm³/mol. The Bertz CT molecular complexity index is 557. The van der Waals surface area contributed by atoms with E-state index < -0.39 is 0 Å². The number of rotatable bonds is 8. The molecule has 0 aliphatic carbocycles. The quantitative estimate of drug-likeness (QED) is 0.732. The summed E-state index contributed by atoms with van der Waals surface area (Å²) >= 11 is 0. The third-order valence-corrected chi connectivity index (χ3v) is 4.32. The number of hydrogen-bond acceptors (Lipinski definition) is 3. The van der Waals surface area contributed by atoms with E-state index in [4.69, 9.17) is 4.74 Å². The van der Waals surface area contributed by atoms with Gasteiger partial charge in [-0.15, -0.1) is 0 Å². The lowest BCUT2D eigenvalue weighted by Gasteiger charge is -2.20. The fourth-order valence-electron chi connectivity index (χ4n) is 2.90. The van der Waals surface area contributed by atoms with E-state index in [1.165, 1.54) is 18.9 Å². The van der Waals surface area contributed by atoms with Crippen LogP contribution in [0.25, 0.3) is 0 Å². The van der Waals surface area contributed by atoms with Gasteiger partial charge in [0.2, 0.25) is 11.8 Å². The molecular weight excluding hydrogens is 323 g/mol. The number of amides is 2. The minimum Gasteiger partial charge on any atom is -0.362 e. The van der Waals surface area contributed by atoms with Gasteiger partial charge in [0.05, 0.1) is 0 Å². The summed E-state index contributed by atoms with van der Waals surface area (Å²) < 4.78 is 18.7. The summed E-state index contributed by atoms with van der Waals surface area (Å²) in [5.41, 5.74) is 0.649. The SMILES string of the molecule is O=C(COCC(=O)N1CCCCCC1)NCCCc1ccccc1F. The lowest BCUT2D eigenvalue weighted by molar-refractivity contribution is -0.138. The van der Waals surface area contributed by atoms with Crippen LogP contribution in [-0.4, -0.2) is 49.6 Å². The molecule has 25 heavy (non-hydrogen) atoms. The Kier molecular flexibility index (Phi) is 8.39. The van der Waals surface area contributed by atoms with Crippen molar-refractivity contribution in [3.8, 4) is 0 Å². The summed E-state index contributed by atoms with van der Waals surface area (Å²) in [7, 11) is 0. The summed E-state index contributed by atoms with van der Waals surface area (Å²) in [6, 6.07) is 6.63. The second-order valence-corrected chi connectivity index (χ2v) is 6.33. The highest BCUT2D eigenvalue weighted by Gasteiger charge is 2.15. The number of likely N-dealkylation sites (tertiary alicyclic amines) is 1. The van der Waals surface area contributed by atoms with E-state index in [0.717, 1.165) is 25.9 Å². The van der Waals surface area contributed by atoms with Crippen molar-refractivity contribution in [2.75, 3.05) is 32.8 Å². The molecule has 0 atom stereocenters. The first-order valence-corrected chi connectivity index (χ1v) is 9.02. The lowest BCUT2D eigenvalue weighted by Crippen LogP contribution is -2.36. The van der Waals surface area contributed by atoms with Crippen LogP contribution in [0.1, 0.15) is 37.7 Å². The van der Waals surface area contributed by atoms with Crippen molar-refractivity contribution >= 4 is 11.8 Å². The Labute approximate surface area is 148 Å². The molecule has 1 aromatic rings. The number of hydrogen-bond donors (Lipinski definition) is 1. The van der Waals surface area contributed by atoms with Crippen molar-refractivity contribution in [3.63, 3.8) is 0 Å². The predicted octanol–water partition coefficient (Wildman–Crippen LogP) is 2.29. The van der Waals surface area contributed by atoms with Crippen LogP contribution in [0.4, 0.5) is 4.39 Å². The fourth-order valence-corrected chi connectivity index (χ4v) is 2.90. The minimum absolute atomic E-state index is 0.0470. The molecule has 1 heterocycles. The topological polar surface area (TPSA) is 58.6 Å². The third kappa shape index (κ3) is 7.22. The molecule has 5 nitrogen and oxygen atoms in total. The normalized spacial score (nSPS) is 14.8. The van der Waals surface area contributed by atoms with Gasteiger partial charge < -0.3 is 15.0 Å². The maximum atomic E-state index is 13.5. The Balaban J connectivity index is 1.55. The second-order valence-electron chi connectivity index (χ2n) is 6.33. The van der Waals surface area contributed by atoms with Crippen LogP contribution in [0.15, 0.2) is 24.3 Å². The van der Waals surface area contributed by atoms with E-state index in [-0.39, 0.29) is 30.8 Å². The van der Waals surface area contributed by atoms with Crippen molar-refractivity contribution in [2.24, 2.45) is 0 Å². The average Bonchev–Trinajstić information content (AvgIpc) is 2.89. The zero-order chi connectivity index (χ0) is 17.9. The lowest BCUT2D eigenvalue weighted by atomic mass is 10.1. The Morgan fingerprint density at radius 1 is 1.08 bits per heavy atom. The molecule has 0 aromatic heterocycles. The molecule has 1 saturated heterocycles. The molecule has 1 aliphatic heterocycles. The van der Waals surface area contributed by atoms with E-state index in [1.54, 1.807) is 18.2 Å². The summed E-state index contributed by atoms with van der Waals surface area (Å²) in [5, 5.41) is 2.72. The molecule has 2 amide bonds. The molecule has 0 bridgehead atoms. The van der Waals surface area contributed by atoms with Crippen molar-refractivity contribution in [2.45, 2.75) is 38.5 Å².